The maximum absolute atomic E-state index is 12.1. The Morgan fingerprint density at radius 1 is 0.750 bits per heavy atom. The van der Waals surface area contributed by atoms with E-state index in [1.165, 1.54) is 20.5 Å². The Morgan fingerprint density at radius 3 is 2.11 bits per heavy atom. The molecule has 0 unspecified atom stereocenters. The third-order valence-electron chi connectivity index (χ3n) is 3.83. The summed E-state index contributed by atoms with van der Waals surface area (Å²) in [6.07, 6.45) is 1.34. The van der Waals surface area contributed by atoms with Gasteiger partial charge in [0.2, 0.25) is 0 Å². The molecule has 0 N–H and O–H groups in total. The molecule has 3 aromatic rings. The van der Waals surface area contributed by atoms with Crippen molar-refractivity contribution < 1.29 is 23.7 Å². The number of hydrogen-bond acceptors (Lipinski definition) is 5. The van der Waals surface area contributed by atoms with E-state index in [-0.39, 0.29) is 5.57 Å². The monoisotopic (exact) mass is 376 g/mol. The van der Waals surface area contributed by atoms with Crippen LogP contribution < -0.4 is 9.47 Å². The van der Waals surface area contributed by atoms with Crippen LogP contribution in [0, 0.1) is 0 Å². The van der Waals surface area contributed by atoms with E-state index in [9.17, 15) is 4.79 Å². The summed E-state index contributed by atoms with van der Waals surface area (Å²) >= 11 is 0. The van der Waals surface area contributed by atoms with Crippen molar-refractivity contribution in [1.29, 1.82) is 0 Å². The van der Waals surface area contributed by atoms with E-state index < -0.39 is 5.97 Å². The molecule has 0 radical (unpaired) electrons. The molecule has 0 spiro atoms. The van der Waals surface area contributed by atoms with Crippen molar-refractivity contribution in [2.45, 2.75) is 0 Å². The van der Waals surface area contributed by atoms with Gasteiger partial charge >= 0.3 is 5.97 Å². The molecular formula is C23H20O5. The van der Waals surface area contributed by atoms with Crippen LogP contribution in [0.4, 0.5) is 0 Å². The fourth-order valence-electron chi connectivity index (χ4n) is 2.58. The first-order chi connectivity index (χ1) is 13.7. The van der Waals surface area contributed by atoms with Gasteiger partial charge in [0.05, 0.1) is 20.5 Å². The van der Waals surface area contributed by atoms with Crippen LogP contribution >= 0.6 is 0 Å². The number of rotatable bonds is 7. The normalized spacial score (nSPS) is 10.9. The Bertz CT molecular complexity index is 963. The average Bonchev–Trinajstić information content (AvgIpc) is 2.73. The first-order valence-corrected chi connectivity index (χ1v) is 8.63. The Kier molecular flexibility index (Phi) is 6.31. The summed E-state index contributed by atoms with van der Waals surface area (Å²) in [5.41, 5.74) is 0.822. The maximum Gasteiger partial charge on any atom is 0.341 e. The molecule has 0 atom stereocenters. The molecule has 0 aliphatic rings. The minimum Gasteiger partial charge on any atom is -0.503 e. The van der Waals surface area contributed by atoms with Gasteiger partial charge in [-0.3, -0.25) is 0 Å². The summed E-state index contributed by atoms with van der Waals surface area (Å²) in [5, 5.41) is 0. The van der Waals surface area contributed by atoms with Crippen molar-refractivity contribution in [3.05, 3.63) is 90.7 Å². The summed E-state index contributed by atoms with van der Waals surface area (Å²) in [6.45, 7) is 0. The first-order valence-electron chi connectivity index (χ1n) is 8.63. The summed E-state index contributed by atoms with van der Waals surface area (Å²) in [7, 11) is 2.79. The lowest BCUT2D eigenvalue weighted by atomic mass is 10.1. The van der Waals surface area contributed by atoms with Gasteiger partial charge in [0.1, 0.15) is 28.6 Å². The van der Waals surface area contributed by atoms with E-state index in [4.69, 9.17) is 18.9 Å². The van der Waals surface area contributed by atoms with E-state index in [0.29, 0.717) is 22.8 Å². The van der Waals surface area contributed by atoms with E-state index >= 15 is 0 Å². The zero-order valence-corrected chi connectivity index (χ0v) is 15.6. The molecule has 0 aliphatic heterocycles. The number of methoxy groups -OCH3 is 2. The van der Waals surface area contributed by atoms with Gasteiger partial charge in [-0.25, -0.2) is 4.79 Å². The Balaban J connectivity index is 1.87. The molecule has 0 aliphatic carbocycles. The predicted molar refractivity (Wildman–Crippen MR) is 106 cm³/mol. The topological polar surface area (TPSA) is 54.0 Å². The summed E-state index contributed by atoms with van der Waals surface area (Å²) < 4.78 is 21.7. The zero-order valence-electron chi connectivity index (χ0n) is 15.6. The van der Waals surface area contributed by atoms with Crippen LogP contribution in [0.1, 0.15) is 5.56 Å². The minimum atomic E-state index is -0.515. The lowest BCUT2D eigenvalue weighted by molar-refractivity contribution is -0.133. The zero-order chi connectivity index (χ0) is 19.8. The van der Waals surface area contributed by atoms with Crippen LogP contribution in [-0.2, 0) is 14.3 Å². The van der Waals surface area contributed by atoms with Crippen molar-refractivity contribution in [2.24, 2.45) is 0 Å². The Hall–Kier alpha value is -3.73. The van der Waals surface area contributed by atoms with Crippen molar-refractivity contribution in [3.8, 4) is 23.0 Å². The molecule has 0 saturated carbocycles. The molecule has 142 valence electrons. The largest absolute Gasteiger partial charge is 0.503 e. The van der Waals surface area contributed by atoms with Crippen LogP contribution in [-0.4, -0.2) is 20.2 Å². The second-order valence-electron chi connectivity index (χ2n) is 5.75. The summed E-state index contributed by atoms with van der Waals surface area (Å²) in [5.74, 6) is 1.92. The molecule has 0 bridgehead atoms. The van der Waals surface area contributed by atoms with E-state index in [2.05, 4.69) is 0 Å². The second kappa shape index (κ2) is 9.28. The van der Waals surface area contributed by atoms with Gasteiger partial charge in [-0.2, -0.15) is 0 Å². The number of carbonyl (C=O) groups is 1. The van der Waals surface area contributed by atoms with Gasteiger partial charge in [0.25, 0.3) is 0 Å². The molecule has 5 heteroatoms. The molecule has 0 fully saturated rings. The molecule has 0 amide bonds. The average molecular weight is 376 g/mol. The van der Waals surface area contributed by atoms with Crippen molar-refractivity contribution in [3.63, 3.8) is 0 Å². The van der Waals surface area contributed by atoms with Gasteiger partial charge in [0.15, 0.2) is 0 Å². The highest BCUT2D eigenvalue weighted by Crippen LogP contribution is 2.33. The minimum absolute atomic E-state index is 0.261. The van der Waals surface area contributed by atoms with Gasteiger partial charge in [-0.15, -0.1) is 0 Å². The van der Waals surface area contributed by atoms with Crippen LogP contribution in [0.25, 0.3) is 5.57 Å². The SMILES string of the molecule is CO/C=C(/C(=O)OC)c1ccccc1Oc1cccc(Oc2ccccc2)c1. The fraction of sp³-hybridized carbons (Fsp3) is 0.0870. The predicted octanol–water partition coefficient (Wildman–Crippen LogP) is 5.43. The second-order valence-corrected chi connectivity index (χ2v) is 5.75. The first kappa shape index (κ1) is 19.0. The Labute approximate surface area is 163 Å². The molecule has 3 rings (SSSR count). The lowest BCUT2D eigenvalue weighted by Crippen LogP contribution is -2.05. The third kappa shape index (κ3) is 4.71. The van der Waals surface area contributed by atoms with Crippen LogP contribution in [0.2, 0.25) is 0 Å². The van der Waals surface area contributed by atoms with Crippen molar-refractivity contribution >= 4 is 11.5 Å². The molecule has 5 nitrogen and oxygen atoms in total. The molecule has 0 aromatic heterocycles. The highest BCUT2D eigenvalue weighted by Gasteiger charge is 2.18. The molecule has 0 saturated heterocycles. The third-order valence-corrected chi connectivity index (χ3v) is 3.83. The Morgan fingerprint density at radius 2 is 1.39 bits per heavy atom. The van der Waals surface area contributed by atoms with Crippen LogP contribution in [0.5, 0.6) is 23.0 Å². The van der Waals surface area contributed by atoms with Crippen molar-refractivity contribution in [1.82, 2.24) is 0 Å². The lowest BCUT2D eigenvalue weighted by Gasteiger charge is -2.13. The van der Waals surface area contributed by atoms with Gasteiger partial charge in [-0.1, -0.05) is 42.5 Å². The number of esters is 1. The van der Waals surface area contributed by atoms with Crippen molar-refractivity contribution in [2.75, 3.05) is 14.2 Å². The van der Waals surface area contributed by atoms with Gasteiger partial charge in [0, 0.05) is 11.6 Å². The maximum atomic E-state index is 12.1. The molecule has 3 aromatic carbocycles. The van der Waals surface area contributed by atoms with Crippen LogP contribution in [0.3, 0.4) is 0 Å². The van der Waals surface area contributed by atoms with Gasteiger partial charge in [-0.05, 0) is 30.3 Å². The number of ether oxygens (including phenoxy) is 4. The molecular weight excluding hydrogens is 356 g/mol. The summed E-state index contributed by atoms with van der Waals surface area (Å²) in [4.78, 5) is 12.1. The highest BCUT2D eigenvalue weighted by molar-refractivity contribution is 6.17. The van der Waals surface area contributed by atoms with Crippen LogP contribution in [0.15, 0.2) is 85.1 Å². The summed E-state index contributed by atoms with van der Waals surface area (Å²) in [6, 6.07) is 23.9. The molecule has 0 heterocycles. The number of para-hydroxylation sites is 2. The molecule has 28 heavy (non-hydrogen) atoms. The number of benzene rings is 3. The van der Waals surface area contributed by atoms with Gasteiger partial charge < -0.3 is 18.9 Å². The van der Waals surface area contributed by atoms with E-state index in [0.717, 1.165) is 5.75 Å². The van der Waals surface area contributed by atoms with E-state index in [1.807, 2.05) is 60.7 Å². The standard InChI is InChI=1S/C23H20O5/c1-25-16-21(23(24)26-2)20-13-6-7-14-22(20)28-19-12-8-11-18(15-19)27-17-9-4-3-5-10-17/h3-16H,1-2H3/b21-16+. The smallest absolute Gasteiger partial charge is 0.341 e. The fourth-order valence-corrected chi connectivity index (χ4v) is 2.58. The number of carbonyl (C=O) groups excluding carboxylic acids is 1. The quantitative estimate of drug-likeness (QED) is 0.313. The number of hydrogen-bond donors (Lipinski definition) is 0. The van der Waals surface area contributed by atoms with E-state index in [1.54, 1.807) is 18.2 Å². The highest BCUT2D eigenvalue weighted by atomic mass is 16.5.